The Bertz CT molecular complexity index is 736. The van der Waals surface area contributed by atoms with E-state index in [2.05, 4.69) is 20.3 Å². The van der Waals surface area contributed by atoms with E-state index in [9.17, 15) is 4.79 Å². The summed E-state index contributed by atoms with van der Waals surface area (Å²) in [6.45, 7) is 0. The van der Waals surface area contributed by atoms with E-state index in [1.165, 1.54) is 0 Å². The average molecular weight is 306 g/mol. The van der Waals surface area contributed by atoms with Crippen LogP contribution in [0, 0.1) is 0 Å². The molecule has 1 amide bonds. The van der Waals surface area contributed by atoms with Gasteiger partial charge in [-0.05, 0) is 49.2 Å². The first-order valence-corrected chi connectivity index (χ1v) is 7.61. The summed E-state index contributed by atoms with van der Waals surface area (Å²) in [5, 5.41) is 2.91. The molecule has 3 aromatic rings. The highest BCUT2D eigenvalue weighted by molar-refractivity contribution is 5.90. The third-order valence-electron chi connectivity index (χ3n) is 3.50. The van der Waals surface area contributed by atoms with Crippen LogP contribution in [0.4, 0.5) is 5.69 Å². The molecule has 0 aliphatic carbocycles. The van der Waals surface area contributed by atoms with Gasteiger partial charge in [-0.2, -0.15) is 0 Å². The molecule has 0 aliphatic rings. The van der Waals surface area contributed by atoms with Gasteiger partial charge in [-0.1, -0.05) is 6.07 Å². The lowest BCUT2D eigenvalue weighted by Gasteiger charge is -2.06. The molecule has 0 unspecified atom stereocenters. The number of nitrogens with zero attached hydrogens (tertiary/aromatic N) is 2. The normalized spacial score (nSPS) is 10.4. The highest BCUT2D eigenvalue weighted by atomic mass is 16.1. The second kappa shape index (κ2) is 7.35. The van der Waals surface area contributed by atoms with E-state index in [0.29, 0.717) is 6.42 Å². The van der Waals surface area contributed by atoms with E-state index in [4.69, 9.17) is 0 Å². The lowest BCUT2D eigenvalue weighted by atomic mass is 10.1. The summed E-state index contributed by atoms with van der Waals surface area (Å²) in [4.78, 5) is 23.5. The molecule has 2 aromatic heterocycles. The second-order valence-corrected chi connectivity index (χ2v) is 5.24. The van der Waals surface area contributed by atoms with E-state index in [0.717, 1.165) is 35.6 Å². The van der Waals surface area contributed by atoms with Gasteiger partial charge in [0.25, 0.3) is 0 Å². The number of amides is 1. The fourth-order valence-corrected chi connectivity index (χ4v) is 2.33. The lowest BCUT2D eigenvalue weighted by molar-refractivity contribution is -0.116. The maximum absolute atomic E-state index is 12.0. The van der Waals surface area contributed by atoms with Crippen LogP contribution < -0.4 is 5.32 Å². The topological polar surface area (TPSA) is 70.7 Å². The molecule has 1 aromatic carbocycles. The van der Waals surface area contributed by atoms with E-state index in [1.807, 2.05) is 42.5 Å². The lowest BCUT2D eigenvalue weighted by Crippen LogP contribution is -2.11. The van der Waals surface area contributed by atoms with Gasteiger partial charge in [-0.3, -0.25) is 9.78 Å². The number of aromatic nitrogens is 3. The number of hydrogen-bond acceptors (Lipinski definition) is 3. The largest absolute Gasteiger partial charge is 0.345 e. The molecule has 5 heteroatoms. The molecule has 23 heavy (non-hydrogen) atoms. The van der Waals surface area contributed by atoms with Gasteiger partial charge in [0, 0.05) is 42.0 Å². The van der Waals surface area contributed by atoms with Crippen LogP contribution in [-0.4, -0.2) is 20.9 Å². The first-order chi connectivity index (χ1) is 11.3. The molecule has 0 radical (unpaired) electrons. The Morgan fingerprint density at radius 3 is 2.61 bits per heavy atom. The van der Waals surface area contributed by atoms with Crippen molar-refractivity contribution in [3.63, 3.8) is 0 Å². The highest BCUT2D eigenvalue weighted by Gasteiger charge is 2.04. The maximum Gasteiger partial charge on any atom is 0.224 e. The first-order valence-electron chi connectivity index (χ1n) is 7.61. The zero-order valence-corrected chi connectivity index (χ0v) is 12.7. The minimum atomic E-state index is 0.0201. The predicted octanol–water partition coefficient (Wildman–Crippen LogP) is 3.43. The Morgan fingerprint density at radius 1 is 1.04 bits per heavy atom. The number of imidazole rings is 1. The Balaban J connectivity index is 1.48. The minimum Gasteiger partial charge on any atom is -0.345 e. The number of anilines is 1. The van der Waals surface area contributed by atoms with Crippen LogP contribution in [0.25, 0.3) is 11.4 Å². The quantitative estimate of drug-likeness (QED) is 0.733. The molecular formula is C18H18N4O. The Kier molecular flexibility index (Phi) is 4.79. The van der Waals surface area contributed by atoms with Crippen molar-refractivity contribution in [2.24, 2.45) is 0 Å². The van der Waals surface area contributed by atoms with Gasteiger partial charge in [0.1, 0.15) is 5.82 Å². The maximum atomic E-state index is 12.0. The number of aryl methyl sites for hydroxylation is 1. The third kappa shape index (κ3) is 4.26. The summed E-state index contributed by atoms with van der Waals surface area (Å²) in [6.07, 6.45) is 7.35. The third-order valence-corrected chi connectivity index (χ3v) is 3.50. The Hall–Kier alpha value is -2.95. The molecule has 2 N–H and O–H groups in total. The highest BCUT2D eigenvalue weighted by Crippen LogP contribution is 2.17. The number of carbonyl (C=O) groups excluding carboxylic acids is 1. The zero-order chi connectivity index (χ0) is 15.9. The number of hydrogen-bond donors (Lipinski definition) is 2. The van der Waals surface area contributed by atoms with E-state index in [-0.39, 0.29) is 5.91 Å². The molecule has 116 valence electrons. The Morgan fingerprint density at radius 2 is 1.91 bits per heavy atom. The van der Waals surface area contributed by atoms with Crippen molar-refractivity contribution in [1.82, 2.24) is 15.0 Å². The van der Waals surface area contributed by atoms with Crippen LogP contribution >= 0.6 is 0 Å². The standard InChI is InChI=1S/C18H18N4O/c23-17(6-3-5-15-4-1-2-11-19-15)22-16-9-7-14(8-10-16)18-20-12-13-21-18/h1-2,4,7-13H,3,5-6H2,(H,20,21)(H,22,23). The summed E-state index contributed by atoms with van der Waals surface area (Å²) in [5.41, 5.74) is 2.80. The van der Waals surface area contributed by atoms with Crippen LogP contribution in [0.1, 0.15) is 18.5 Å². The van der Waals surface area contributed by atoms with Gasteiger partial charge in [0.2, 0.25) is 5.91 Å². The van der Waals surface area contributed by atoms with Crippen LogP contribution in [0.5, 0.6) is 0 Å². The number of carbonyl (C=O) groups is 1. The molecule has 0 fully saturated rings. The van der Waals surface area contributed by atoms with Gasteiger partial charge in [-0.25, -0.2) is 4.98 Å². The molecule has 5 nitrogen and oxygen atoms in total. The molecule has 0 saturated heterocycles. The number of benzene rings is 1. The second-order valence-electron chi connectivity index (χ2n) is 5.24. The van der Waals surface area contributed by atoms with E-state index in [1.54, 1.807) is 18.6 Å². The molecule has 0 aliphatic heterocycles. The van der Waals surface area contributed by atoms with Crippen LogP contribution in [0.15, 0.2) is 61.1 Å². The van der Waals surface area contributed by atoms with Crippen molar-refractivity contribution in [2.45, 2.75) is 19.3 Å². The van der Waals surface area contributed by atoms with Gasteiger partial charge in [0.05, 0.1) is 0 Å². The van der Waals surface area contributed by atoms with Crippen LogP contribution in [-0.2, 0) is 11.2 Å². The summed E-state index contributed by atoms with van der Waals surface area (Å²) < 4.78 is 0. The van der Waals surface area contributed by atoms with Gasteiger partial charge >= 0.3 is 0 Å². The molecule has 2 heterocycles. The van der Waals surface area contributed by atoms with Gasteiger partial charge < -0.3 is 10.3 Å². The Labute approximate surface area is 134 Å². The van der Waals surface area contributed by atoms with E-state index >= 15 is 0 Å². The number of H-pyrrole nitrogens is 1. The van der Waals surface area contributed by atoms with Crippen molar-refractivity contribution in [2.75, 3.05) is 5.32 Å². The van der Waals surface area contributed by atoms with Crippen molar-refractivity contribution < 1.29 is 4.79 Å². The van der Waals surface area contributed by atoms with Crippen molar-refractivity contribution in [3.05, 3.63) is 66.7 Å². The molecule has 0 atom stereocenters. The SMILES string of the molecule is O=C(CCCc1ccccn1)Nc1ccc(-c2ncc[nH]2)cc1. The number of nitrogens with one attached hydrogen (secondary N) is 2. The number of aromatic amines is 1. The molecule has 3 rings (SSSR count). The zero-order valence-electron chi connectivity index (χ0n) is 12.7. The summed E-state index contributed by atoms with van der Waals surface area (Å²) in [6, 6.07) is 13.5. The number of rotatable bonds is 6. The molecule has 0 spiro atoms. The summed E-state index contributed by atoms with van der Waals surface area (Å²) in [5.74, 6) is 0.838. The number of pyridine rings is 1. The van der Waals surface area contributed by atoms with Gasteiger partial charge in [-0.15, -0.1) is 0 Å². The first kappa shape index (κ1) is 15.0. The summed E-state index contributed by atoms with van der Waals surface area (Å²) in [7, 11) is 0. The van der Waals surface area contributed by atoms with E-state index < -0.39 is 0 Å². The molecule has 0 bridgehead atoms. The van der Waals surface area contributed by atoms with Crippen molar-refractivity contribution >= 4 is 11.6 Å². The monoisotopic (exact) mass is 306 g/mol. The fourth-order valence-electron chi connectivity index (χ4n) is 2.33. The minimum absolute atomic E-state index is 0.0201. The average Bonchev–Trinajstić information content (AvgIpc) is 3.11. The molecular weight excluding hydrogens is 288 g/mol. The molecule has 0 saturated carbocycles. The van der Waals surface area contributed by atoms with Gasteiger partial charge in [0.15, 0.2) is 0 Å². The predicted molar refractivity (Wildman–Crippen MR) is 89.8 cm³/mol. The van der Waals surface area contributed by atoms with Crippen LogP contribution in [0.3, 0.4) is 0 Å². The fraction of sp³-hybridized carbons (Fsp3) is 0.167. The van der Waals surface area contributed by atoms with Crippen LogP contribution in [0.2, 0.25) is 0 Å². The summed E-state index contributed by atoms with van der Waals surface area (Å²) >= 11 is 0. The van der Waals surface area contributed by atoms with Crippen molar-refractivity contribution in [1.29, 1.82) is 0 Å². The van der Waals surface area contributed by atoms with Crippen molar-refractivity contribution in [3.8, 4) is 11.4 Å². The smallest absolute Gasteiger partial charge is 0.224 e.